The Hall–Kier alpha value is -0.120. The second kappa shape index (κ2) is 52.6. The summed E-state index contributed by atoms with van der Waals surface area (Å²) in [4.78, 5) is 0. The molecule has 0 atom stereocenters. The lowest BCUT2D eigenvalue weighted by atomic mass is 10.4. The third-order valence-corrected chi connectivity index (χ3v) is 0.854. The molecule has 0 aliphatic rings. The van der Waals surface area contributed by atoms with E-state index in [1.807, 2.05) is 21.1 Å². The first-order chi connectivity index (χ1) is 6.66. The highest BCUT2D eigenvalue weighted by molar-refractivity contribution is 4.15. The van der Waals surface area contributed by atoms with Crippen LogP contribution in [0.4, 0.5) is 0 Å². The lowest BCUT2D eigenvalue weighted by molar-refractivity contribution is 0.277. The fraction of sp³-hybridized carbons (Fsp3) is 1.00. The van der Waals surface area contributed by atoms with E-state index in [1.54, 1.807) is 14.2 Å². The number of hydrogen-bond donors (Lipinski definition) is 2. The molecule has 0 saturated carbocycles. The van der Waals surface area contributed by atoms with Gasteiger partial charge < -0.3 is 15.4 Å². The summed E-state index contributed by atoms with van der Waals surface area (Å²) in [6.45, 7) is 7.50. The van der Waals surface area contributed by atoms with Crippen molar-refractivity contribution in [2.24, 2.45) is 0 Å². The Bertz CT molecular complexity index is 34.3. The highest BCUT2D eigenvalue weighted by Gasteiger charge is 1.56. The first kappa shape index (κ1) is 23.6. The highest BCUT2D eigenvalue weighted by atomic mass is 16.4. The van der Waals surface area contributed by atoms with E-state index in [9.17, 15) is 0 Å². The van der Waals surface area contributed by atoms with Crippen LogP contribution in [0.2, 0.25) is 0 Å². The second-order valence-corrected chi connectivity index (χ2v) is 2.62. The van der Waals surface area contributed by atoms with Crippen LogP contribution in [0.1, 0.15) is 33.6 Å². The van der Waals surface area contributed by atoms with Crippen molar-refractivity contribution in [2.75, 3.05) is 41.9 Å². The average Bonchev–Trinajstić information content (AvgIpc) is 2.20. The molecule has 0 bridgehead atoms. The third-order valence-electron chi connectivity index (χ3n) is 0.854. The zero-order chi connectivity index (χ0) is 12.2. The molecule has 0 aromatic heterocycles. The number of hydrogen-bond acceptors (Lipinski definition) is 3. The van der Waals surface area contributed by atoms with Gasteiger partial charge in [-0.05, 0) is 27.7 Å². The maximum Gasteiger partial charge on any atom is 0.0351 e. The van der Waals surface area contributed by atoms with Crippen LogP contribution < -0.4 is 10.6 Å². The summed E-state index contributed by atoms with van der Waals surface area (Å²) in [5.41, 5.74) is 0. The van der Waals surface area contributed by atoms with Gasteiger partial charge >= 0.3 is 0 Å². The molecular weight excluding hydrogens is 176 g/mol. The summed E-state index contributed by atoms with van der Waals surface area (Å²) < 4.78 is 4.25. The normalized spacial score (nSPS) is 6.86. The van der Waals surface area contributed by atoms with Gasteiger partial charge in [-0.2, -0.15) is 0 Å². The second-order valence-electron chi connectivity index (χ2n) is 2.62. The van der Waals surface area contributed by atoms with E-state index < -0.39 is 0 Å². The van der Waals surface area contributed by atoms with Gasteiger partial charge in [0.05, 0.1) is 0 Å². The predicted octanol–water partition coefficient (Wildman–Crippen LogP) is 2.13. The summed E-state index contributed by atoms with van der Waals surface area (Å²) in [6.07, 6.45) is 2.64. The van der Waals surface area contributed by atoms with Crippen molar-refractivity contribution in [3.05, 3.63) is 0 Å². The summed E-state index contributed by atoms with van der Waals surface area (Å²) in [6, 6.07) is 0. The minimum atomic E-state index is 1.07. The fourth-order valence-corrected chi connectivity index (χ4v) is 0. The zero-order valence-electron chi connectivity index (χ0n) is 11.5. The lowest BCUT2D eigenvalue weighted by Crippen LogP contribution is -2.01. The Labute approximate surface area is 91.6 Å². The number of rotatable bonds is 2. The molecule has 92 valence electrons. The first-order valence-electron chi connectivity index (χ1n) is 5.29. The largest absolute Gasteiger partial charge is 0.388 e. The molecule has 3 nitrogen and oxygen atoms in total. The van der Waals surface area contributed by atoms with E-state index in [1.165, 1.54) is 12.8 Å². The van der Waals surface area contributed by atoms with Crippen molar-refractivity contribution in [3.63, 3.8) is 0 Å². The first-order valence-corrected chi connectivity index (χ1v) is 5.29. The van der Waals surface area contributed by atoms with Crippen LogP contribution in [0.15, 0.2) is 0 Å². The van der Waals surface area contributed by atoms with Gasteiger partial charge in [-0.15, -0.1) is 0 Å². The minimum Gasteiger partial charge on any atom is -0.388 e. The van der Waals surface area contributed by atoms with Crippen LogP contribution in [0.3, 0.4) is 0 Å². The smallest absolute Gasteiger partial charge is 0.0351 e. The van der Waals surface area contributed by atoms with Crippen molar-refractivity contribution in [1.82, 2.24) is 10.6 Å². The van der Waals surface area contributed by atoms with Gasteiger partial charge in [0.2, 0.25) is 0 Å². The van der Waals surface area contributed by atoms with Crippen molar-refractivity contribution < 1.29 is 4.74 Å². The Kier molecular flexibility index (Phi) is 88.6. The van der Waals surface area contributed by atoms with Crippen LogP contribution in [0, 0.1) is 0 Å². The minimum absolute atomic E-state index is 1.07. The van der Waals surface area contributed by atoms with Crippen LogP contribution in [0.5, 0.6) is 0 Å². The molecule has 0 rings (SSSR count). The average molecular weight is 208 g/mol. The third kappa shape index (κ3) is 398. The van der Waals surface area contributed by atoms with E-state index in [0.717, 1.165) is 6.54 Å². The van der Waals surface area contributed by atoms with E-state index in [-0.39, 0.29) is 0 Å². The molecule has 3 heteroatoms. The van der Waals surface area contributed by atoms with Crippen molar-refractivity contribution in [2.45, 2.75) is 33.6 Å². The molecule has 0 radical (unpaired) electrons. The molecule has 0 spiro atoms. The number of ether oxygens (including phenoxy) is 1. The SMILES string of the molecule is CCCC.CCNC.CNC.COC. The van der Waals surface area contributed by atoms with Gasteiger partial charge in [0.1, 0.15) is 0 Å². The molecule has 0 aliphatic heterocycles. The van der Waals surface area contributed by atoms with Crippen LogP contribution in [-0.2, 0) is 4.74 Å². The molecule has 0 aromatic rings. The Balaban J connectivity index is -0.0000000482. The van der Waals surface area contributed by atoms with E-state index in [2.05, 4.69) is 36.1 Å². The summed E-state index contributed by atoms with van der Waals surface area (Å²) in [7, 11) is 8.93. The lowest BCUT2D eigenvalue weighted by Gasteiger charge is -1.76. The van der Waals surface area contributed by atoms with Crippen molar-refractivity contribution in [3.8, 4) is 0 Å². The Morgan fingerprint density at radius 3 is 1.00 bits per heavy atom. The van der Waals surface area contributed by atoms with Gasteiger partial charge in [0.15, 0.2) is 0 Å². The topological polar surface area (TPSA) is 33.3 Å². The van der Waals surface area contributed by atoms with Gasteiger partial charge in [0.25, 0.3) is 0 Å². The number of methoxy groups -OCH3 is 1. The molecule has 0 aliphatic carbocycles. The summed E-state index contributed by atoms with van der Waals surface area (Å²) >= 11 is 0. The Morgan fingerprint density at radius 2 is 1.00 bits per heavy atom. The van der Waals surface area contributed by atoms with Gasteiger partial charge in [-0.1, -0.05) is 33.6 Å². The summed E-state index contributed by atoms with van der Waals surface area (Å²) in [5.74, 6) is 0. The quantitative estimate of drug-likeness (QED) is 0.729. The van der Waals surface area contributed by atoms with Crippen molar-refractivity contribution >= 4 is 0 Å². The highest BCUT2D eigenvalue weighted by Crippen LogP contribution is 1.76. The van der Waals surface area contributed by atoms with Gasteiger partial charge in [-0.3, -0.25) is 0 Å². The molecule has 0 amide bonds. The Morgan fingerprint density at radius 1 is 0.857 bits per heavy atom. The molecule has 0 aromatic carbocycles. The molecule has 0 heterocycles. The monoisotopic (exact) mass is 208 g/mol. The number of nitrogens with one attached hydrogen (secondary N) is 2. The van der Waals surface area contributed by atoms with Gasteiger partial charge in [0, 0.05) is 14.2 Å². The van der Waals surface area contributed by atoms with Crippen LogP contribution >= 0.6 is 0 Å². The maximum atomic E-state index is 4.25. The maximum absolute atomic E-state index is 4.25. The number of unbranched alkanes of at least 4 members (excludes halogenated alkanes) is 1. The van der Waals surface area contributed by atoms with Gasteiger partial charge in [-0.25, -0.2) is 0 Å². The molecule has 2 N–H and O–H groups in total. The standard InChI is InChI=1S/C4H10.C3H9N.C2H7N.C2H6O/c2*1-3-4-2;2*1-3-2/h3-4H2,1-2H3;4H,3H2,1-2H3;3H,1-2H3;1-2H3. The van der Waals surface area contributed by atoms with E-state index in [0.29, 0.717) is 0 Å². The predicted molar refractivity (Wildman–Crippen MR) is 68.1 cm³/mol. The van der Waals surface area contributed by atoms with Crippen LogP contribution in [0.25, 0.3) is 0 Å². The molecule has 14 heavy (non-hydrogen) atoms. The molecule has 0 fully saturated rings. The van der Waals surface area contributed by atoms with Crippen LogP contribution in [-0.4, -0.2) is 41.9 Å². The molecular formula is C11H32N2O. The van der Waals surface area contributed by atoms with E-state index in [4.69, 9.17) is 0 Å². The molecule has 0 saturated heterocycles. The molecule has 0 unspecified atom stereocenters. The van der Waals surface area contributed by atoms with E-state index >= 15 is 0 Å². The zero-order valence-corrected chi connectivity index (χ0v) is 11.5. The fourth-order valence-electron chi connectivity index (χ4n) is 0. The van der Waals surface area contributed by atoms with Crippen molar-refractivity contribution in [1.29, 1.82) is 0 Å². The summed E-state index contributed by atoms with van der Waals surface area (Å²) in [5, 5.41) is 5.68.